The van der Waals surface area contributed by atoms with E-state index in [4.69, 9.17) is 20.9 Å². The van der Waals surface area contributed by atoms with Gasteiger partial charge in [-0.25, -0.2) is 8.42 Å². The van der Waals surface area contributed by atoms with Gasteiger partial charge in [-0.1, -0.05) is 22.8 Å². The van der Waals surface area contributed by atoms with Gasteiger partial charge < -0.3 is 14.4 Å². The molecule has 1 aromatic heterocycles. The average Bonchev–Trinajstić information content (AvgIpc) is 3.11. The molecule has 3 atom stereocenters. The zero-order valence-electron chi connectivity index (χ0n) is 16.7. The lowest BCUT2D eigenvalue weighted by atomic mass is 9.90. The minimum absolute atomic E-state index is 0.149. The molecule has 3 unspecified atom stereocenters. The maximum atomic E-state index is 13.9. The number of fused-ring (bicyclic) bond motifs is 2. The highest BCUT2D eigenvalue weighted by Gasteiger charge is 2.51. The maximum absolute atomic E-state index is 13.9. The molecular formula is C22H19ClN2O5S. The number of aromatic nitrogens is 1. The van der Waals surface area contributed by atoms with E-state index < -0.39 is 32.0 Å². The van der Waals surface area contributed by atoms with E-state index in [1.165, 1.54) is 18.2 Å². The molecule has 0 fully saturated rings. The number of sulfone groups is 1. The summed E-state index contributed by atoms with van der Waals surface area (Å²) in [4.78, 5) is 0. The molecule has 3 aromatic rings. The van der Waals surface area contributed by atoms with Gasteiger partial charge in [-0.3, -0.25) is 0 Å². The summed E-state index contributed by atoms with van der Waals surface area (Å²) in [6.07, 6.45) is -0.154. The number of aliphatic hydroxyl groups is 1. The van der Waals surface area contributed by atoms with Crippen molar-refractivity contribution in [1.29, 1.82) is 5.26 Å². The third kappa shape index (κ3) is 3.39. The molecule has 31 heavy (non-hydrogen) atoms. The van der Waals surface area contributed by atoms with Crippen molar-refractivity contribution in [1.82, 2.24) is 5.16 Å². The van der Waals surface area contributed by atoms with Crippen LogP contribution in [0, 0.1) is 11.3 Å². The molecule has 1 aliphatic rings. The van der Waals surface area contributed by atoms with Crippen molar-refractivity contribution in [2.75, 3.05) is 0 Å². The van der Waals surface area contributed by atoms with Crippen LogP contribution in [0.1, 0.15) is 41.2 Å². The van der Waals surface area contributed by atoms with Crippen LogP contribution in [0.4, 0.5) is 0 Å². The van der Waals surface area contributed by atoms with Gasteiger partial charge in [-0.15, -0.1) is 6.58 Å². The van der Waals surface area contributed by atoms with Gasteiger partial charge in [-0.2, -0.15) is 5.26 Å². The van der Waals surface area contributed by atoms with Gasteiger partial charge in [0.1, 0.15) is 33.6 Å². The molecule has 2 heterocycles. The van der Waals surface area contributed by atoms with Crippen LogP contribution in [-0.4, -0.2) is 30.4 Å². The molecule has 0 bridgehead atoms. The van der Waals surface area contributed by atoms with Crippen LogP contribution in [0.5, 0.6) is 5.75 Å². The Kier molecular flexibility index (Phi) is 5.09. The SMILES string of the molecule is C=CC(c1noc2cc(Cl)ccc12)S(=O)(=O)C1c2cc(C#N)ccc2OC(C)(C)C1O. The number of rotatable bonds is 4. The van der Waals surface area contributed by atoms with Crippen LogP contribution in [0.15, 0.2) is 53.6 Å². The largest absolute Gasteiger partial charge is 0.485 e. The van der Waals surface area contributed by atoms with E-state index in [0.717, 1.165) is 0 Å². The smallest absolute Gasteiger partial charge is 0.172 e. The molecule has 0 radical (unpaired) electrons. The van der Waals surface area contributed by atoms with E-state index in [9.17, 15) is 18.8 Å². The lowest BCUT2D eigenvalue weighted by molar-refractivity contribution is -0.0445. The fraction of sp³-hybridized carbons (Fsp3) is 0.273. The Morgan fingerprint density at radius 3 is 2.74 bits per heavy atom. The molecule has 0 amide bonds. The molecule has 0 saturated carbocycles. The summed E-state index contributed by atoms with van der Waals surface area (Å²) in [6, 6.07) is 11.3. The molecule has 2 aromatic carbocycles. The molecule has 1 N–H and O–H groups in total. The van der Waals surface area contributed by atoms with Crippen molar-refractivity contribution in [2.24, 2.45) is 0 Å². The molecular weight excluding hydrogens is 440 g/mol. The highest BCUT2D eigenvalue weighted by Crippen LogP contribution is 2.48. The summed E-state index contributed by atoms with van der Waals surface area (Å²) in [7, 11) is -4.17. The van der Waals surface area contributed by atoms with E-state index in [2.05, 4.69) is 11.7 Å². The lowest BCUT2D eigenvalue weighted by Gasteiger charge is -2.42. The van der Waals surface area contributed by atoms with Crippen molar-refractivity contribution in [3.05, 3.63) is 70.9 Å². The fourth-order valence-corrected chi connectivity index (χ4v) is 6.32. The molecule has 0 spiro atoms. The van der Waals surface area contributed by atoms with Crippen molar-refractivity contribution >= 4 is 32.4 Å². The molecule has 160 valence electrons. The van der Waals surface area contributed by atoms with E-state index in [1.807, 2.05) is 6.07 Å². The summed E-state index contributed by atoms with van der Waals surface area (Å²) in [5, 5.41) is 22.6. The standard InChI is InChI=1S/C22H19ClN2O5S/c1-4-18(19-14-7-6-13(23)10-17(14)30-25-19)31(27,28)20-15-9-12(11-24)5-8-16(15)29-22(2,3)21(20)26/h4-10,18,20-21,26H,1H2,2-3H3. The van der Waals surface area contributed by atoms with Crippen LogP contribution >= 0.6 is 11.6 Å². The molecule has 0 aliphatic carbocycles. The van der Waals surface area contributed by atoms with E-state index in [0.29, 0.717) is 21.7 Å². The second kappa shape index (κ2) is 7.38. The van der Waals surface area contributed by atoms with E-state index >= 15 is 0 Å². The Morgan fingerprint density at radius 2 is 2.06 bits per heavy atom. The van der Waals surface area contributed by atoms with Gasteiger partial charge in [-0.05, 0) is 44.2 Å². The van der Waals surface area contributed by atoms with Crippen molar-refractivity contribution < 1.29 is 22.8 Å². The number of benzene rings is 2. The van der Waals surface area contributed by atoms with Crippen LogP contribution in [0.3, 0.4) is 0 Å². The average molecular weight is 459 g/mol. The zero-order valence-corrected chi connectivity index (χ0v) is 18.3. The number of aliphatic hydroxyl groups excluding tert-OH is 1. The molecule has 4 rings (SSSR count). The van der Waals surface area contributed by atoms with Gasteiger partial charge in [0.2, 0.25) is 0 Å². The number of nitriles is 1. The second-order valence-electron chi connectivity index (χ2n) is 7.89. The number of nitrogens with zero attached hydrogens (tertiary/aromatic N) is 2. The predicted octanol–water partition coefficient (Wildman–Crippen LogP) is 4.27. The number of hydrogen-bond acceptors (Lipinski definition) is 7. The summed E-state index contributed by atoms with van der Waals surface area (Å²) in [5.41, 5.74) is -0.232. The number of ether oxygens (including phenoxy) is 1. The Labute approximate surface area is 184 Å². The maximum Gasteiger partial charge on any atom is 0.172 e. The third-order valence-corrected chi connectivity index (χ3v) is 8.05. The van der Waals surface area contributed by atoms with Gasteiger partial charge in [0.05, 0.1) is 11.6 Å². The summed E-state index contributed by atoms with van der Waals surface area (Å²) >= 11 is 5.99. The molecule has 7 nitrogen and oxygen atoms in total. The van der Waals surface area contributed by atoms with Crippen LogP contribution < -0.4 is 4.74 Å². The first-order chi connectivity index (χ1) is 14.6. The molecule has 0 saturated heterocycles. The van der Waals surface area contributed by atoms with E-state index in [1.54, 1.807) is 38.1 Å². The summed E-state index contributed by atoms with van der Waals surface area (Å²) < 4.78 is 39.0. The normalized spacial score (nSPS) is 21.0. The zero-order chi connectivity index (χ0) is 22.6. The molecule has 1 aliphatic heterocycles. The van der Waals surface area contributed by atoms with Crippen LogP contribution in [0.25, 0.3) is 11.0 Å². The van der Waals surface area contributed by atoms with Crippen molar-refractivity contribution in [3.8, 4) is 11.8 Å². The summed E-state index contributed by atoms with van der Waals surface area (Å²) in [6.45, 7) is 6.92. The minimum Gasteiger partial charge on any atom is -0.485 e. The lowest BCUT2D eigenvalue weighted by Crippen LogP contribution is -2.51. The summed E-state index contributed by atoms with van der Waals surface area (Å²) in [5.74, 6) is 0.294. The van der Waals surface area contributed by atoms with Gasteiger partial charge in [0.15, 0.2) is 15.4 Å². The Bertz CT molecular complexity index is 1340. The number of hydrogen-bond donors (Lipinski definition) is 1. The van der Waals surface area contributed by atoms with Crippen molar-refractivity contribution in [3.63, 3.8) is 0 Å². The Balaban J connectivity index is 1.92. The quantitative estimate of drug-likeness (QED) is 0.580. The Hall–Kier alpha value is -2.86. The minimum atomic E-state index is -4.17. The van der Waals surface area contributed by atoms with Crippen LogP contribution in [-0.2, 0) is 9.84 Å². The van der Waals surface area contributed by atoms with E-state index in [-0.39, 0.29) is 16.8 Å². The third-order valence-electron chi connectivity index (χ3n) is 5.47. The topological polar surface area (TPSA) is 113 Å². The highest BCUT2D eigenvalue weighted by molar-refractivity contribution is 7.92. The van der Waals surface area contributed by atoms with Crippen molar-refractivity contribution in [2.45, 2.75) is 36.1 Å². The second-order valence-corrected chi connectivity index (χ2v) is 10.5. The van der Waals surface area contributed by atoms with Gasteiger partial charge >= 0.3 is 0 Å². The fourth-order valence-electron chi connectivity index (χ4n) is 3.86. The molecule has 9 heteroatoms. The van der Waals surface area contributed by atoms with Crippen LogP contribution in [0.2, 0.25) is 5.02 Å². The van der Waals surface area contributed by atoms with Gasteiger partial charge in [0.25, 0.3) is 0 Å². The first-order valence-corrected chi connectivity index (χ1v) is 11.4. The Morgan fingerprint density at radius 1 is 1.32 bits per heavy atom. The first kappa shape index (κ1) is 21.4. The monoisotopic (exact) mass is 458 g/mol. The number of halogens is 1. The first-order valence-electron chi connectivity index (χ1n) is 9.41. The van der Waals surface area contributed by atoms with Gasteiger partial charge in [0, 0.05) is 22.0 Å². The predicted molar refractivity (Wildman–Crippen MR) is 115 cm³/mol. The highest BCUT2D eigenvalue weighted by atomic mass is 35.5.